The molecule has 1 aromatic carbocycles. The van der Waals surface area contributed by atoms with Gasteiger partial charge in [0.05, 0.1) is 0 Å². The first-order valence-electron chi connectivity index (χ1n) is 9.99. The van der Waals surface area contributed by atoms with Gasteiger partial charge < -0.3 is 20.7 Å². The number of pyridine rings is 1. The lowest BCUT2D eigenvalue weighted by Crippen LogP contribution is -2.46. The zero-order chi connectivity index (χ0) is 20.5. The van der Waals surface area contributed by atoms with Crippen LogP contribution in [-0.4, -0.2) is 41.9 Å². The normalized spacial score (nSPS) is 17.1. The second-order valence-electron chi connectivity index (χ2n) is 7.30. The molecule has 29 heavy (non-hydrogen) atoms. The lowest BCUT2D eigenvalue weighted by Gasteiger charge is -2.34. The van der Waals surface area contributed by atoms with Crippen molar-refractivity contribution in [2.24, 2.45) is 16.6 Å². The van der Waals surface area contributed by atoms with Gasteiger partial charge in [-0.1, -0.05) is 30.3 Å². The van der Waals surface area contributed by atoms with Gasteiger partial charge in [0.25, 0.3) is 0 Å². The Hall–Kier alpha value is -3.09. The number of hydrogen-bond donors (Lipinski definition) is 2. The summed E-state index contributed by atoms with van der Waals surface area (Å²) in [5.41, 5.74) is 7.54. The summed E-state index contributed by atoms with van der Waals surface area (Å²) in [7, 11) is 1.78. The molecule has 0 aliphatic carbocycles. The van der Waals surface area contributed by atoms with Crippen molar-refractivity contribution in [3.63, 3.8) is 0 Å². The van der Waals surface area contributed by atoms with E-state index in [2.05, 4.69) is 20.2 Å². The number of amides is 1. The zero-order valence-corrected chi connectivity index (χ0v) is 16.9. The summed E-state index contributed by atoms with van der Waals surface area (Å²) in [4.78, 5) is 22.1. The van der Waals surface area contributed by atoms with Crippen LogP contribution in [0.3, 0.4) is 0 Å². The first kappa shape index (κ1) is 20.6. The van der Waals surface area contributed by atoms with Crippen molar-refractivity contribution in [1.29, 1.82) is 0 Å². The molecule has 7 heteroatoms. The fraction of sp³-hybridized carbons (Fsp3) is 0.409. The molecule has 1 unspecified atom stereocenters. The van der Waals surface area contributed by atoms with E-state index in [1.54, 1.807) is 13.2 Å². The number of carbonyl (C=O) groups excluding carboxylic acids is 1. The predicted octanol–water partition coefficient (Wildman–Crippen LogP) is 2.32. The summed E-state index contributed by atoms with van der Waals surface area (Å²) in [5.74, 6) is 1.49. The van der Waals surface area contributed by atoms with Crippen LogP contribution in [0.2, 0.25) is 0 Å². The van der Waals surface area contributed by atoms with E-state index in [0.29, 0.717) is 31.4 Å². The third-order valence-corrected chi connectivity index (χ3v) is 5.00. The lowest BCUT2D eigenvalue weighted by atomic mass is 9.95. The van der Waals surface area contributed by atoms with Crippen LogP contribution in [-0.2, 0) is 17.9 Å². The fourth-order valence-corrected chi connectivity index (χ4v) is 3.59. The standard InChI is InChI=1S/C22H29N5O2/c1-24-22(27-11-5-8-19(15-27)12-20(23)28)26-14-18-9-10-25-21(13-18)29-16-17-6-3-2-4-7-17/h2-4,6-7,9-10,13,19H,5,8,11-12,14-16H2,1H3,(H2,23,28)(H,24,26). The number of likely N-dealkylation sites (tertiary alicyclic amines) is 1. The summed E-state index contributed by atoms with van der Waals surface area (Å²) in [6.45, 7) is 2.83. The second kappa shape index (κ2) is 10.5. The average Bonchev–Trinajstić information content (AvgIpc) is 2.74. The van der Waals surface area contributed by atoms with Crippen LogP contribution in [0.15, 0.2) is 53.7 Å². The first-order valence-corrected chi connectivity index (χ1v) is 9.99. The van der Waals surface area contributed by atoms with Crippen LogP contribution in [0.25, 0.3) is 0 Å². The van der Waals surface area contributed by atoms with Gasteiger partial charge in [-0.25, -0.2) is 4.98 Å². The number of aliphatic imine (C=N–C) groups is 1. The summed E-state index contributed by atoms with van der Waals surface area (Å²) >= 11 is 0. The summed E-state index contributed by atoms with van der Waals surface area (Å²) in [6.07, 6.45) is 4.25. The van der Waals surface area contributed by atoms with Crippen molar-refractivity contribution in [3.8, 4) is 5.88 Å². The van der Waals surface area contributed by atoms with Crippen molar-refractivity contribution < 1.29 is 9.53 Å². The summed E-state index contributed by atoms with van der Waals surface area (Å²) in [6, 6.07) is 13.9. The maximum absolute atomic E-state index is 11.2. The summed E-state index contributed by atoms with van der Waals surface area (Å²) < 4.78 is 5.81. The molecule has 3 rings (SSSR count). The molecule has 154 valence electrons. The Labute approximate surface area is 172 Å². The molecule has 1 saturated heterocycles. The number of nitrogens with two attached hydrogens (primary N) is 1. The topological polar surface area (TPSA) is 92.8 Å². The third kappa shape index (κ3) is 6.48. The van der Waals surface area contributed by atoms with E-state index in [1.807, 2.05) is 42.5 Å². The number of guanidine groups is 1. The van der Waals surface area contributed by atoms with Crippen molar-refractivity contribution >= 4 is 11.9 Å². The van der Waals surface area contributed by atoms with Gasteiger partial charge in [0, 0.05) is 45.4 Å². The molecule has 0 radical (unpaired) electrons. The van der Waals surface area contributed by atoms with Crippen molar-refractivity contribution in [2.75, 3.05) is 20.1 Å². The van der Waals surface area contributed by atoms with Gasteiger partial charge in [-0.2, -0.15) is 0 Å². The molecular weight excluding hydrogens is 366 g/mol. The smallest absolute Gasteiger partial charge is 0.217 e. The number of aromatic nitrogens is 1. The van der Waals surface area contributed by atoms with E-state index in [4.69, 9.17) is 10.5 Å². The van der Waals surface area contributed by atoms with Crippen molar-refractivity contribution in [3.05, 3.63) is 59.8 Å². The van der Waals surface area contributed by atoms with Crippen LogP contribution >= 0.6 is 0 Å². The highest BCUT2D eigenvalue weighted by molar-refractivity contribution is 5.80. The molecule has 1 aliphatic heterocycles. The average molecular weight is 396 g/mol. The minimum absolute atomic E-state index is 0.236. The molecule has 1 fully saturated rings. The van der Waals surface area contributed by atoms with Crippen molar-refractivity contribution in [2.45, 2.75) is 32.4 Å². The number of ether oxygens (including phenoxy) is 1. The van der Waals surface area contributed by atoms with Gasteiger partial charge in [-0.05, 0) is 36.0 Å². The molecule has 2 heterocycles. The Morgan fingerprint density at radius 1 is 1.31 bits per heavy atom. The number of nitrogens with zero attached hydrogens (tertiary/aromatic N) is 3. The Bertz CT molecular complexity index is 825. The van der Waals surface area contributed by atoms with Crippen LogP contribution in [0.1, 0.15) is 30.4 Å². The van der Waals surface area contributed by atoms with E-state index >= 15 is 0 Å². The molecule has 7 nitrogen and oxygen atoms in total. The van der Waals surface area contributed by atoms with E-state index in [0.717, 1.165) is 43.0 Å². The first-order chi connectivity index (χ1) is 14.1. The fourth-order valence-electron chi connectivity index (χ4n) is 3.59. The third-order valence-electron chi connectivity index (χ3n) is 5.00. The SMILES string of the molecule is CN=C(NCc1ccnc(OCc2ccccc2)c1)N1CCCC(CC(N)=O)C1. The number of benzene rings is 1. The highest BCUT2D eigenvalue weighted by atomic mass is 16.5. The number of primary amides is 1. The molecule has 1 amide bonds. The molecule has 0 spiro atoms. The van der Waals surface area contributed by atoms with Crippen LogP contribution in [0, 0.1) is 5.92 Å². The highest BCUT2D eigenvalue weighted by Crippen LogP contribution is 2.19. The maximum Gasteiger partial charge on any atom is 0.217 e. The van der Waals surface area contributed by atoms with E-state index in [-0.39, 0.29) is 5.91 Å². The molecular formula is C22H29N5O2. The largest absolute Gasteiger partial charge is 0.473 e. The highest BCUT2D eigenvalue weighted by Gasteiger charge is 2.23. The minimum Gasteiger partial charge on any atom is -0.473 e. The van der Waals surface area contributed by atoms with Gasteiger partial charge in [0.15, 0.2) is 5.96 Å². The predicted molar refractivity (Wildman–Crippen MR) is 113 cm³/mol. The van der Waals surface area contributed by atoms with Gasteiger partial charge in [-0.15, -0.1) is 0 Å². The Balaban J connectivity index is 1.53. The van der Waals surface area contributed by atoms with E-state index < -0.39 is 0 Å². The number of rotatable bonds is 7. The molecule has 1 aliphatic rings. The second-order valence-corrected chi connectivity index (χ2v) is 7.30. The molecule has 0 saturated carbocycles. The van der Waals surface area contributed by atoms with E-state index in [9.17, 15) is 4.79 Å². The van der Waals surface area contributed by atoms with Gasteiger partial charge in [0.1, 0.15) is 6.61 Å². The number of nitrogens with one attached hydrogen (secondary N) is 1. The Morgan fingerprint density at radius 3 is 2.90 bits per heavy atom. The Morgan fingerprint density at radius 2 is 2.14 bits per heavy atom. The van der Waals surface area contributed by atoms with Gasteiger partial charge in [-0.3, -0.25) is 9.79 Å². The van der Waals surface area contributed by atoms with Crippen LogP contribution in [0.4, 0.5) is 0 Å². The van der Waals surface area contributed by atoms with Gasteiger partial charge >= 0.3 is 0 Å². The molecule has 1 atom stereocenters. The molecule has 2 aromatic rings. The molecule has 3 N–H and O–H groups in total. The molecule has 0 bridgehead atoms. The number of piperidine rings is 1. The quantitative estimate of drug-likeness (QED) is 0.554. The van der Waals surface area contributed by atoms with Gasteiger partial charge in [0.2, 0.25) is 11.8 Å². The monoisotopic (exact) mass is 395 g/mol. The minimum atomic E-state index is -0.236. The summed E-state index contributed by atoms with van der Waals surface area (Å²) in [5, 5.41) is 3.41. The van der Waals surface area contributed by atoms with Crippen LogP contribution in [0.5, 0.6) is 5.88 Å². The van der Waals surface area contributed by atoms with Crippen LogP contribution < -0.4 is 15.8 Å². The lowest BCUT2D eigenvalue weighted by molar-refractivity contribution is -0.119. The zero-order valence-electron chi connectivity index (χ0n) is 16.9. The number of carbonyl (C=O) groups is 1. The molecule has 1 aromatic heterocycles. The Kier molecular flexibility index (Phi) is 7.44. The van der Waals surface area contributed by atoms with Crippen molar-refractivity contribution in [1.82, 2.24) is 15.2 Å². The van der Waals surface area contributed by atoms with E-state index in [1.165, 1.54) is 0 Å². The maximum atomic E-state index is 11.2. The number of hydrogen-bond acceptors (Lipinski definition) is 4.